The molecule has 2 atom stereocenters. The number of benzene rings is 2. The van der Waals surface area contributed by atoms with Crippen LogP contribution >= 0.6 is 0 Å². The molecule has 0 aromatic heterocycles. The molecule has 2 aromatic carbocycles. The lowest BCUT2D eigenvalue weighted by Crippen LogP contribution is -2.51. The summed E-state index contributed by atoms with van der Waals surface area (Å²) in [5, 5.41) is 3.05. The van der Waals surface area contributed by atoms with E-state index in [0.717, 1.165) is 11.3 Å². The third-order valence-electron chi connectivity index (χ3n) is 4.72. The van der Waals surface area contributed by atoms with Crippen LogP contribution in [-0.2, 0) is 9.59 Å². The number of fused-ring (bicyclic) bond motifs is 2. The van der Waals surface area contributed by atoms with Crippen molar-refractivity contribution in [1.29, 1.82) is 0 Å². The predicted molar refractivity (Wildman–Crippen MR) is 96.3 cm³/mol. The number of nitrogens with one attached hydrogen (secondary N) is 1. The molecule has 6 heteroatoms. The number of ether oxygens (including phenoxy) is 2. The summed E-state index contributed by atoms with van der Waals surface area (Å²) in [7, 11) is 0. The molecule has 6 nitrogen and oxygen atoms in total. The van der Waals surface area contributed by atoms with Gasteiger partial charge in [0.15, 0.2) is 6.10 Å². The predicted octanol–water partition coefficient (Wildman–Crippen LogP) is 2.44. The minimum atomic E-state index is -0.746. The average Bonchev–Trinajstić information content (AvgIpc) is 2.67. The highest BCUT2D eigenvalue weighted by Gasteiger charge is 2.34. The van der Waals surface area contributed by atoms with Gasteiger partial charge in [0.1, 0.15) is 11.5 Å². The number of nitrogens with zero attached hydrogens (tertiary/aromatic N) is 1. The third-order valence-corrected chi connectivity index (χ3v) is 4.72. The summed E-state index contributed by atoms with van der Waals surface area (Å²) < 4.78 is 11.5. The van der Waals surface area contributed by atoms with E-state index in [1.165, 1.54) is 6.92 Å². The molecule has 134 valence electrons. The van der Waals surface area contributed by atoms with Crippen LogP contribution in [0.2, 0.25) is 0 Å². The third kappa shape index (κ3) is 2.98. The molecule has 1 N–H and O–H groups in total. The zero-order valence-corrected chi connectivity index (χ0v) is 14.5. The molecule has 0 saturated heterocycles. The number of carbonyl (C=O) groups is 2. The van der Waals surface area contributed by atoms with Crippen LogP contribution in [0.5, 0.6) is 11.5 Å². The lowest BCUT2D eigenvalue weighted by atomic mass is 10.00. The van der Waals surface area contributed by atoms with Crippen LogP contribution in [0.3, 0.4) is 0 Å². The fraction of sp³-hybridized carbons (Fsp3) is 0.300. The summed E-state index contributed by atoms with van der Waals surface area (Å²) >= 11 is 0. The van der Waals surface area contributed by atoms with Crippen molar-refractivity contribution >= 4 is 17.5 Å². The molecule has 2 aliphatic rings. The van der Waals surface area contributed by atoms with Gasteiger partial charge in [0.25, 0.3) is 5.91 Å². The van der Waals surface area contributed by atoms with E-state index in [2.05, 4.69) is 5.32 Å². The lowest BCUT2D eigenvalue weighted by Gasteiger charge is -2.35. The van der Waals surface area contributed by atoms with E-state index >= 15 is 0 Å². The normalized spacial score (nSPS) is 20.9. The number of carbonyl (C=O) groups excluding carboxylic acids is 2. The van der Waals surface area contributed by atoms with Gasteiger partial charge in [0, 0.05) is 18.9 Å². The molecule has 2 unspecified atom stereocenters. The molecule has 0 fully saturated rings. The van der Waals surface area contributed by atoms with Crippen LogP contribution < -0.4 is 19.7 Å². The van der Waals surface area contributed by atoms with Gasteiger partial charge in [-0.15, -0.1) is 0 Å². The number of amides is 2. The molecule has 2 aliphatic heterocycles. The van der Waals surface area contributed by atoms with Gasteiger partial charge in [-0.2, -0.15) is 0 Å². The Labute approximate surface area is 151 Å². The Bertz CT molecular complexity index is 851. The number of anilines is 1. The van der Waals surface area contributed by atoms with Crippen molar-refractivity contribution in [2.45, 2.75) is 25.5 Å². The number of hydrogen-bond donors (Lipinski definition) is 1. The fourth-order valence-electron chi connectivity index (χ4n) is 3.43. The fourth-order valence-corrected chi connectivity index (χ4v) is 3.43. The molecule has 2 amide bonds. The second-order valence-corrected chi connectivity index (χ2v) is 6.44. The molecule has 0 bridgehead atoms. The Hall–Kier alpha value is -3.02. The Morgan fingerprint density at radius 2 is 1.81 bits per heavy atom. The van der Waals surface area contributed by atoms with Crippen molar-refractivity contribution in [2.75, 3.05) is 18.1 Å². The van der Waals surface area contributed by atoms with Gasteiger partial charge in [-0.25, -0.2) is 0 Å². The van der Waals surface area contributed by atoms with E-state index in [1.54, 1.807) is 11.0 Å². The first-order valence-electron chi connectivity index (χ1n) is 8.69. The van der Waals surface area contributed by atoms with Gasteiger partial charge in [0.2, 0.25) is 5.91 Å². The standard InChI is InChI=1S/C20H20N2O4/c1-13(23)22-12-19(26-18-9-5-3-7-16(18)22)20(24)21-15-10-11-25-17-8-4-2-6-14(15)17/h2-9,15,19H,10-12H2,1H3,(H,21,24). The molecule has 0 radical (unpaired) electrons. The highest BCUT2D eigenvalue weighted by atomic mass is 16.5. The molecule has 0 aliphatic carbocycles. The zero-order chi connectivity index (χ0) is 18.1. The maximum absolute atomic E-state index is 12.8. The number of para-hydroxylation sites is 3. The second kappa shape index (κ2) is 6.71. The molecule has 0 spiro atoms. The molecule has 2 heterocycles. The Morgan fingerprint density at radius 3 is 2.62 bits per heavy atom. The van der Waals surface area contributed by atoms with Crippen LogP contribution in [0.25, 0.3) is 0 Å². The molecule has 4 rings (SSSR count). The van der Waals surface area contributed by atoms with E-state index in [9.17, 15) is 9.59 Å². The van der Waals surface area contributed by atoms with E-state index in [4.69, 9.17) is 9.47 Å². The molecule has 26 heavy (non-hydrogen) atoms. The van der Waals surface area contributed by atoms with Crippen molar-refractivity contribution in [1.82, 2.24) is 5.32 Å². The van der Waals surface area contributed by atoms with Crippen LogP contribution in [-0.4, -0.2) is 31.1 Å². The minimum absolute atomic E-state index is 0.116. The highest BCUT2D eigenvalue weighted by molar-refractivity contribution is 5.96. The maximum Gasteiger partial charge on any atom is 0.263 e. The van der Waals surface area contributed by atoms with Gasteiger partial charge in [-0.05, 0) is 18.2 Å². The van der Waals surface area contributed by atoms with Gasteiger partial charge in [0.05, 0.1) is 24.9 Å². The van der Waals surface area contributed by atoms with Crippen molar-refractivity contribution in [2.24, 2.45) is 0 Å². The summed E-state index contributed by atoms with van der Waals surface area (Å²) in [6.07, 6.45) is -0.0496. The number of hydrogen-bond acceptors (Lipinski definition) is 4. The average molecular weight is 352 g/mol. The van der Waals surface area contributed by atoms with Crippen molar-refractivity contribution in [3.63, 3.8) is 0 Å². The lowest BCUT2D eigenvalue weighted by molar-refractivity contribution is -0.129. The second-order valence-electron chi connectivity index (χ2n) is 6.44. The molecule has 2 aromatic rings. The zero-order valence-electron chi connectivity index (χ0n) is 14.5. The smallest absolute Gasteiger partial charge is 0.263 e. The largest absolute Gasteiger partial charge is 0.493 e. The summed E-state index contributed by atoms with van der Waals surface area (Å²) in [5.41, 5.74) is 1.66. The summed E-state index contributed by atoms with van der Waals surface area (Å²) in [5.74, 6) is 0.994. The van der Waals surface area contributed by atoms with Crippen LogP contribution in [0.15, 0.2) is 48.5 Å². The van der Waals surface area contributed by atoms with Crippen LogP contribution in [0, 0.1) is 0 Å². The van der Waals surface area contributed by atoms with Gasteiger partial charge < -0.3 is 19.7 Å². The van der Waals surface area contributed by atoms with Crippen molar-refractivity contribution < 1.29 is 19.1 Å². The Kier molecular flexibility index (Phi) is 4.24. The first kappa shape index (κ1) is 16.4. The van der Waals surface area contributed by atoms with Crippen molar-refractivity contribution in [3.8, 4) is 11.5 Å². The van der Waals surface area contributed by atoms with Gasteiger partial charge in [-0.3, -0.25) is 9.59 Å². The first-order chi connectivity index (χ1) is 12.6. The molecular formula is C20H20N2O4. The van der Waals surface area contributed by atoms with E-state index in [0.29, 0.717) is 24.5 Å². The van der Waals surface area contributed by atoms with E-state index in [1.807, 2.05) is 42.5 Å². The van der Waals surface area contributed by atoms with Gasteiger partial charge in [-0.1, -0.05) is 30.3 Å². The van der Waals surface area contributed by atoms with Gasteiger partial charge >= 0.3 is 0 Å². The first-order valence-corrected chi connectivity index (χ1v) is 8.69. The van der Waals surface area contributed by atoms with Crippen molar-refractivity contribution in [3.05, 3.63) is 54.1 Å². The van der Waals surface area contributed by atoms with E-state index in [-0.39, 0.29) is 24.4 Å². The molecular weight excluding hydrogens is 332 g/mol. The van der Waals surface area contributed by atoms with E-state index < -0.39 is 6.10 Å². The molecule has 0 saturated carbocycles. The summed E-state index contributed by atoms with van der Waals surface area (Å²) in [6, 6.07) is 14.8. The van der Waals surface area contributed by atoms with Crippen LogP contribution in [0.1, 0.15) is 24.9 Å². The quantitative estimate of drug-likeness (QED) is 0.901. The summed E-state index contributed by atoms with van der Waals surface area (Å²) in [4.78, 5) is 26.4. The Morgan fingerprint density at radius 1 is 1.08 bits per heavy atom. The highest BCUT2D eigenvalue weighted by Crippen LogP contribution is 2.34. The maximum atomic E-state index is 12.8. The monoisotopic (exact) mass is 352 g/mol. The number of rotatable bonds is 2. The van der Waals surface area contributed by atoms with Crippen LogP contribution in [0.4, 0.5) is 5.69 Å². The Balaban J connectivity index is 1.54. The SMILES string of the molecule is CC(=O)N1CC(C(=O)NC2CCOc3ccccc32)Oc2ccccc21. The topological polar surface area (TPSA) is 67.9 Å². The minimum Gasteiger partial charge on any atom is -0.493 e. The summed E-state index contributed by atoms with van der Waals surface area (Å²) in [6.45, 7) is 2.24.